The summed E-state index contributed by atoms with van der Waals surface area (Å²) in [6, 6.07) is 0. The minimum Gasteiger partial charge on any atom is -0.412 e. The van der Waals surface area contributed by atoms with Crippen LogP contribution < -0.4 is 0 Å². The quantitative estimate of drug-likeness (QED) is 0.173. The summed E-state index contributed by atoms with van der Waals surface area (Å²) in [6.07, 6.45) is -0.954. The van der Waals surface area contributed by atoms with E-state index in [-0.39, 0.29) is 31.9 Å². The van der Waals surface area contributed by atoms with Crippen LogP contribution in [0.1, 0.15) is 0 Å². The van der Waals surface area contributed by atoms with Crippen LogP contribution in [0.3, 0.4) is 0 Å². The van der Waals surface area contributed by atoms with Gasteiger partial charge in [-0.15, -0.1) is 30.3 Å². The van der Waals surface area contributed by atoms with Crippen molar-refractivity contribution in [1.82, 2.24) is 0 Å². The number of aliphatic hydroxyl groups is 5. The summed E-state index contributed by atoms with van der Waals surface area (Å²) in [7, 11) is 0. The molecule has 0 aliphatic heterocycles. The molecule has 0 aliphatic carbocycles. The standard InChI is InChI=1S/C3H8O3.C2H6O2.3HNO3.H2O/c4-1-3(6)2-5;3-1-2-4;3*2-1(3)4;/h3-6H,1-2H2;3-4H,1-2H2;3*(H,2,3,4);1H2. The van der Waals surface area contributed by atoms with Crippen molar-refractivity contribution in [2.24, 2.45) is 0 Å². The van der Waals surface area contributed by atoms with E-state index in [4.69, 9.17) is 71.5 Å². The van der Waals surface area contributed by atoms with Gasteiger partial charge in [0.2, 0.25) is 0 Å². The van der Waals surface area contributed by atoms with Gasteiger partial charge >= 0.3 is 0 Å². The Labute approximate surface area is 126 Å². The van der Waals surface area contributed by atoms with Crippen LogP contribution >= 0.6 is 0 Å². The molecule has 0 aromatic rings. The lowest BCUT2D eigenvalue weighted by Gasteiger charge is -1.96. The maximum absolute atomic E-state index is 8.36. The largest absolute Gasteiger partial charge is 0.412 e. The van der Waals surface area contributed by atoms with Crippen molar-refractivity contribution in [2.45, 2.75) is 6.10 Å². The first-order chi connectivity index (χ1) is 9.92. The van der Waals surface area contributed by atoms with Crippen molar-refractivity contribution in [3.8, 4) is 0 Å². The van der Waals surface area contributed by atoms with Crippen molar-refractivity contribution >= 4 is 0 Å². The van der Waals surface area contributed by atoms with Crippen LogP contribution in [-0.2, 0) is 0 Å². The van der Waals surface area contributed by atoms with Crippen LogP contribution in [-0.4, -0.2) is 94.4 Å². The third kappa shape index (κ3) is 1050. The Balaban J connectivity index is -0.0000000393. The predicted octanol–water partition coefficient (Wildman–Crippen LogP) is -4.56. The summed E-state index contributed by atoms with van der Waals surface area (Å²) in [5.74, 6) is 0. The summed E-state index contributed by atoms with van der Waals surface area (Å²) in [5.41, 5.74) is 0. The lowest BCUT2D eigenvalue weighted by atomic mass is 10.4. The van der Waals surface area contributed by atoms with Gasteiger partial charge in [-0.05, 0) is 0 Å². The summed E-state index contributed by atoms with van der Waals surface area (Å²) in [5, 5.41) is 80.2. The molecule has 18 heteroatoms. The average Bonchev–Trinajstić information content (AvgIpc) is 2.36. The maximum atomic E-state index is 8.36. The number of nitrogens with zero attached hydrogens (tertiary/aromatic N) is 3. The molecule has 0 saturated heterocycles. The van der Waals surface area contributed by atoms with Gasteiger partial charge in [0.15, 0.2) is 0 Å². The lowest BCUT2D eigenvalue weighted by molar-refractivity contribution is -0.742. The zero-order valence-corrected chi connectivity index (χ0v) is 11.3. The molecule has 0 amide bonds. The molecule has 0 rings (SSSR count). The van der Waals surface area contributed by atoms with Crippen LogP contribution in [0.2, 0.25) is 0 Å². The molecular formula is C5H19N3O15. The maximum Gasteiger partial charge on any atom is 0.291 e. The van der Waals surface area contributed by atoms with Crippen molar-refractivity contribution in [3.63, 3.8) is 0 Å². The first-order valence-electron chi connectivity index (χ1n) is 4.54. The Hall–Kier alpha value is -2.64. The molecule has 0 aliphatic rings. The summed E-state index contributed by atoms with van der Waals surface area (Å²) in [4.78, 5) is 25.1. The fourth-order valence-electron chi connectivity index (χ4n) is 0.0577. The Morgan fingerprint density at radius 2 is 0.826 bits per heavy atom. The highest BCUT2D eigenvalue weighted by molar-refractivity contribution is 4.44. The Morgan fingerprint density at radius 1 is 0.696 bits per heavy atom. The first kappa shape index (κ1) is 37.0. The molecule has 0 fully saturated rings. The molecule has 0 radical (unpaired) electrons. The molecule has 10 N–H and O–H groups in total. The molecule has 23 heavy (non-hydrogen) atoms. The van der Waals surface area contributed by atoms with Gasteiger partial charge in [-0.25, -0.2) is 0 Å². The van der Waals surface area contributed by atoms with Crippen molar-refractivity contribution in [3.05, 3.63) is 30.3 Å². The predicted molar refractivity (Wildman–Crippen MR) is 64.3 cm³/mol. The highest BCUT2D eigenvalue weighted by Gasteiger charge is 1.93. The summed E-state index contributed by atoms with van der Waals surface area (Å²) in [6.45, 7) is -0.979. The monoisotopic (exact) mass is 361 g/mol. The van der Waals surface area contributed by atoms with Crippen LogP contribution in [0.5, 0.6) is 0 Å². The second-order valence-electron chi connectivity index (χ2n) is 2.18. The van der Waals surface area contributed by atoms with E-state index in [1.54, 1.807) is 0 Å². The third-order valence-corrected chi connectivity index (χ3v) is 0.521. The molecule has 0 aromatic heterocycles. The fraction of sp³-hybridized carbons (Fsp3) is 1.00. The van der Waals surface area contributed by atoms with E-state index in [1.165, 1.54) is 0 Å². The zero-order valence-electron chi connectivity index (χ0n) is 11.3. The zero-order chi connectivity index (χ0) is 19.1. The van der Waals surface area contributed by atoms with E-state index in [1.807, 2.05) is 0 Å². The Morgan fingerprint density at radius 3 is 0.826 bits per heavy atom. The first-order valence-corrected chi connectivity index (χ1v) is 4.54. The Bertz CT molecular complexity index is 203. The van der Waals surface area contributed by atoms with E-state index in [0.717, 1.165) is 0 Å². The van der Waals surface area contributed by atoms with Gasteiger partial charge in [-0.3, -0.25) is 0 Å². The fourth-order valence-corrected chi connectivity index (χ4v) is 0.0577. The van der Waals surface area contributed by atoms with Gasteiger partial charge in [-0.1, -0.05) is 0 Å². The number of aliphatic hydroxyl groups excluding tert-OH is 5. The second-order valence-corrected chi connectivity index (χ2v) is 2.18. The molecule has 0 bridgehead atoms. The molecule has 0 saturated carbocycles. The van der Waals surface area contributed by atoms with E-state index in [2.05, 4.69) is 0 Å². The molecule has 0 unspecified atom stereocenters. The van der Waals surface area contributed by atoms with Gasteiger partial charge in [0.1, 0.15) is 6.10 Å². The molecular weight excluding hydrogens is 342 g/mol. The molecule has 144 valence electrons. The normalized spacial score (nSPS) is 7.04. The molecule has 0 spiro atoms. The van der Waals surface area contributed by atoms with Crippen molar-refractivity contribution in [1.29, 1.82) is 0 Å². The van der Waals surface area contributed by atoms with Gasteiger partial charge in [-0.2, -0.15) is 0 Å². The van der Waals surface area contributed by atoms with E-state index in [0.29, 0.717) is 0 Å². The van der Waals surface area contributed by atoms with Gasteiger partial charge < -0.3 is 46.6 Å². The molecule has 0 atom stereocenters. The average molecular weight is 361 g/mol. The van der Waals surface area contributed by atoms with Gasteiger partial charge in [0.25, 0.3) is 15.3 Å². The van der Waals surface area contributed by atoms with Crippen LogP contribution in [0.15, 0.2) is 0 Å². The van der Waals surface area contributed by atoms with Gasteiger partial charge in [0, 0.05) is 0 Å². The van der Waals surface area contributed by atoms with E-state index < -0.39 is 21.4 Å². The summed E-state index contributed by atoms with van der Waals surface area (Å²) < 4.78 is 0. The second kappa shape index (κ2) is 36.6. The number of hydrogen-bond acceptors (Lipinski definition) is 11. The lowest BCUT2D eigenvalue weighted by Crippen LogP contribution is -2.15. The Kier molecular flexibility index (Phi) is 58.8. The van der Waals surface area contributed by atoms with Gasteiger partial charge in [0.05, 0.1) is 26.4 Å². The molecule has 0 heterocycles. The highest BCUT2D eigenvalue weighted by atomic mass is 16.9. The summed E-state index contributed by atoms with van der Waals surface area (Å²) >= 11 is 0. The van der Waals surface area contributed by atoms with Crippen LogP contribution in [0.25, 0.3) is 0 Å². The minimum absolute atomic E-state index is 0. The number of rotatable bonds is 3. The van der Waals surface area contributed by atoms with E-state index in [9.17, 15) is 0 Å². The topological polar surface area (TPSA) is 323 Å². The van der Waals surface area contributed by atoms with Crippen LogP contribution in [0, 0.1) is 30.3 Å². The minimum atomic E-state index is -1.50. The van der Waals surface area contributed by atoms with Crippen molar-refractivity contribution < 1.29 is 61.9 Å². The van der Waals surface area contributed by atoms with Crippen LogP contribution in [0.4, 0.5) is 0 Å². The van der Waals surface area contributed by atoms with Crippen molar-refractivity contribution in [2.75, 3.05) is 26.4 Å². The smallest absolute Gasteiger partial charge is 0.291 e. The van der Waals surface area contributed by atoms with E-state index >= 15 is 0 Å². The third-order valence-electron chi connectivity index (χ3n) is 0.521. The molecule has 18 nitrogen and oxygen atoms in total. The SMILES string of the molecule is O.O=[N+]([O-])O.O=[N+]([O-])O.O=[N+]([O-])O.OCC(O)CO.OCCO. The molecule has 0 aromatic carbocycles. The highest BCUT2D eigenvalue weighted by Crippen LogP contribution is 1.71. The number of hydrogen-bond donors (Lipinski definition) is 8.